The molecule has 0 aliphatic heterocycles. The van der Waals surface area contributed by atoms with E-state index in [0.29, 0.717) is 11.4 Å². The van der Waals surface area contributed by atoms with Gasteiger partial charge in [0, 0.05) is 5.41 Å². The van der Waals surface area contributed by atoms with Crippen LogP contribution >= 0.6 is 0 Å². The molecule has 0 bridgehead atoms. The van der Waals surface area contributed by atoms with Crippen molar-refractivity contribution < 1.29 is 9.63 Å². The van der Waals surface area contributed by atoms with Crippen LogP contribution in [0.4, 0.5) is 5.69 Å². The Bertz CT molecular complexity index is 541. The first-order chi connectivity index (χ1) is 7.89. The highest BCUT2D eigenvalue weighted by Gasteiger charge is 2.22. The first-order valence-corrected chi connectivity index (χ1v) is 5.31. The third-order valence-corrected chi connectivity index (χ3v) is 2.39. The topological polar surface area (TPSA) is 85.2 Å². The van der Waals surface area contributed by atoms with Crippen molar-refractivity contribution in [2.24, 2.45) is 0 Å². The van der Waals surface area contributed by atoms with Crippen molar-refractivity contribution in [3.63, 3.8) is 0 Å². The van der Waals surface area contributed by atoms with Crippen LogP contribution in [0, 0.1) is 0 Å². The van der Waals surface area contributed by atoms with Crippen LogP contribution < -0.4 is 5.73 Å². The van der Waals surface area contributed by atoms with E-state index < -0.39 is 0 Å². The SMILES string of the molecule is CC(C)(C)c1noc(-c2cccc(N)c2O)n1. The van der Waals surface area contributed by atoms with Crippen LogP contribution in [-0.2, 0) is 5.41 Å². The Morgan fingerprint density at radius 3 is 2.59 bits per heavy atom. The van der Waals surface area contributed by atoms with E-state index in [2.05, 4.69) is 10.1 Å². The predicted molar refractivity (Wildman–Crippen MR) is 64.5 cm³/mol. The first-order valence-electron chi connectivity index (χ1n) is 5.31. The molecule has 17 heavy (non-hydrogen) atoms. The van der Waals surface area contributed by atoms with Crippen LogP contribution in [-0.4, -0.2) is 15.2 Å². The van der Waals surface area contributed by atoms with Crippen LogP contribution in [0.1, 0.15) is 26.6 Å². The third-order valence-electron chi connectivity index (χ3n) is 2.39. The zero-order valence-corrected chi connectivity index (χ0v) is 10.1. The summed E-state index contributed by atoms with van der Waals surface area (Å²) in [6.45, 7) is 5.96. The fourth-order valence-electron chi connectivity index (χ4n) is 1.37. The summed E-state index contributed by atoms with van der Waals surface area (Å²) >= 11 is 0. The monoisotopic (exact) mass is 233 g/mol. The van der Waals surface area contributed by atoms with Gasteiger partial charge in [-0.25, -0.2) is 0 Å². The van der Waals surface area contributed by atoms with Crippen LogP contribution in [0.25, 0.3) is 11.5 Å². The molecule has 90 valence electrons. The number of aromatic hydroxyl groups is 1. The van der Waals surface area contributed by atoms with Crippen molar-refractivity contribution >= 4 is 5.69 Å². The number of hydrogen-bond acceptors (Lipinski definition) is 5. The summed E-state index contributed by atoms with van der Waals surface area (Å²) in [5.41, 5.74) is 6.16. The van der Waals surface area contributed by atoms with Gasteiger partial charge >= 0.3 is 0 Å². The number of rotatable bonds is 1. The summed E-state index contributed by atoms with van der Waals surface area (Å²) in [7, 11) is 0. The van der Waals surface area contributed by atoms with Crippen LogP contribution in [0.5, 0.6) is 5.75 Å². The minimum atomic E-state index is -0.197. The van der Waals surface area contributed by atoms with Crippen molar-refractivity contribution in [1.82, 2.24) is 10.1 Å². The maximum atomic E-state index is 9.81. The lowest BCUT2D eigenvalue weighted by molar-refractivity contribution is 0.400. The van der Waals surface area contributed by atoms with E-state index >= 15 is 0 Å². The summed E-state index contributed by atoms with van der Waals surface area (Å²) in [6.07, 6.45) is 0. The molecule has 0 aliphatic carbocycles. The molecular formula is C12H15N3O2. The van der Waals surface area contributed by atoms with Gasteiger partial charge in [0.1, 0.15) is 0 Å². The molecule has 0 saturated carbocycles. The average Bonchev–Trinajstić information content (AvgIpc) is 2.70. The summed E-state index contributed by atoms with van der Waals surface area (Å²) in [4.78, 5) is 4.26. The molecule has 0 saturated heterocycles. The summed E-state index contributed by atoms with van der Waals surface area (Å²) in [5, 5.41) is 13.7. The predicted octanol–water partition coefficient (Wildman–Crippen LogP) is 2.32. The first kappa shape index (κ1) is 11.4. The van der Waals surface area contributed by atoms with Crippen LogP contribution in [0.15, 0.2) is 22.7 Å². The standard InChI is InChI=1S/C12H15N3O2/c1-12(2,3)11-14-10(17-15-11)7-5-4-6-8(13)9(7)16/h4-6,16H,13H2,1-3H3. The van der Waals surface area contributed by atoms with E-state index in [9.17, 15) is 5.11 Å². The van der Waals surface area contributed by atoms with Gasteiger partial charge in [-0.15, -0.1) is 0 Å². The highest BCUT2D eigenvalue weighted by molar-refractivity contribution is 5.71. The second kappa shape index (κ2) is 3.76. The minimum absolute atomic E-state index is 0.0309. The molecule has 1 aromatic carbocycles. The molecule has 0 amide bonds. The molecule has 0 spiro atoms. The quantitative estimate of drug-likeness (QED) is 0.583. The molecule has 5 nitrogen and oxygen atoms in total. The number of benzene rings is 1. The molecule has 2 rings (SSSR count). The Morgan fingerprint density at radius 2 is 2.00 bits per heavy atom. The van der Waals surface area contributed by atoms with Crippen molar-refractivity contribution in [1.29, 1.82) is 0 Å². The summed E-state index contributed by atoms with van der Waals surface area (Å²) in [6, 6.07) is 5.02. The number of nitrogens with two attached hydrogens (primary N) is 1. The molecular weight excluding hydrogens is 218 g/mol. The fraction of sp³-hybridized carbons (Fsp3) is 0.333. The van der Waals surface area contributed by atoms with Gasteiger partial charge in [-0.05, 0) is 12.1 Å². The second-order valence-electron chi connectivity index (χ2n) is 4.92. The Hall–Kier alpha value is -2.04. The highest BCUT2D eigenvalue weighted by atomic mass is 16.5. The Kier molecular flexibility index (Phi) is 2.53. The molecule has 0 aliphatic rings. The number of hydrogen-bond donors (Lipinski definition) is 2. The van der Waals surface area contributed by atoms with E-state index in [1.807, 2.05) is 20.8 Å². The average molecular weight is 233 g/mol. The summed E-state index contributed by atoms with van der Waals surface area (Å²) in [5.74, 6) is 0.839. The fourth-order valence-corrected chi connectivity index (χ4v) is 1.37. The maximum absolute atomic E-state index is 9.81. The number of nitrogens with zero attached hydrogens (tertiary/aromatic N) is 2. The Labute approximate surface area is 99.3 Å². The molecule has 1 aromatic heterocycles. The van der Waals surface area contributed by atoms with Crippen LogP contribution in [0.3, 0.4) is 0 Å². The van der Waals surface area contributed by atoms with Crippen molar-refractivity contribution in [3.05, 3.63) is 24.0 Å². The van der Waals surface area contributed by atoms with E-state index in [-0.39, 0.29) is 22.7 Å². The number of para-hydroxylation sites is 1. The van der Waals surface area contributed by atoms with Gasteiger partial charge in [0.25, 0.3) is 5.89 Å². The van der Waals surface area contributed by atoms with E-state index in [4.69, 9.17) is 10.3 Å². The zero-order chi connectivity index (χ0) is 12.6. The second-order valence-corrected chi connectivity index (χ2v) is 4.92. The molecule has 0 radical (unpaired) electrons. The van der Waals surface area contributed by atoms with Crippen molar-refractivity contribution in [2.45, 2.75) is 26.2 Å². The van der Waals surface area contributed by atoms with Crippen molar-refractivity contribution in [3.8, 4) is 17.2 Å². The largest absolute Gasteiger partial charge is 0.505 e. The summed E-state index contributed by atoms with van der Waals surface area (Å²) < 4.78 is 5.14. The number of phenols is 1. The van der Waals surface area contributed by atoms with E-state index in [1.165, 1.54) is 0 Å². The molecule has 3 N–H and O–H groups in total. The molecule has 0 atom stereocenters. The lowest BCUT2D eigenvalue weighted by Gasteiger charge is -2.10. The van der Waals surface area contributed by atoms with Gasteiger partial charge in [0.2, 0.25) is 0 Å². The van der Waals surface area contributed by atoms with Gasteiger partial charge in [-0.3, -0.25) is 0 Å². The Morgan fingerprint density at radius 1 is 1.29 bits per heavy atom. The van der Waals surface area contributed by atoms with Crippen molar-refractivity contribution in [2.75, 3.05) is 5.73 Å². The number of nitrogen functional groups attached to an aromatic ring is 1. The van der Waals surface area contributed by atoms with Gasteiger partial charge in [0.05, 0.1) is 11.3 Å². The van der Waals surface area contributed by atoms with Gasteiger partial charge in [-0.2, -0.15) is 4.98 Å². The maximum Gasteiger partial charge on any atom is 0.261 e. The molecule has 0 fully saturated rings. The number of phenolic OH excluding ortho intramolecular Hbond substituents is 1. The normalized spacial score (nSPS) is 11.7. The smallest absolute Gasteiger partial charge is 0.261 e. The molecule has 1 heterocycles. The molecule has 0 unspecified atom stereocenters. The number of aromatic nitrogens is 2. The minimum Gasteiger partial charge on any atom is -0.505 e. The van der Waals surface area contributed by atoms with E-state index in [1.54, 1.807) is 18.2 Å². The van der Waals surface area contributed by atoms with Gasteiger partial charge < -0.3 is 15.4 Å². The lowest BCUT2D eigenvalue weighted by atomic mass is 9.96. The van der Waals surface area contributed by atoms with Crippen LogP contribution in [0.2, 0.25) is 0 Å². The molecule has 5 heteroatoms. The zero-order valence-electron chi connectivity index (χ0n) is 10.1. The third kappa shape index (κ3) is 2.08. The highest BCUT2D eigenvalue weighted by Crippen LogP contribution is 2.33. The van der Waals surface area contributed by atoms with Gasteiger partial charge in [-0.1, -0.05) is 32.0 Å². The van der Waals surface area contributed by atoms with Gasteiger partial charge in [0.15, 0.2) is 11.6 Å². The van der Waals surface area contributed by atoms with E-state index in [0.717, 1.165) is 0 Å². The molecule has 2 aromatic rings. The Balaban J connectivity index is 2.48. The lowest BCUT2D eigenvalue weighted by Crippen LogP contribution is -2.13. The number of anilines is 1.